The Kier molecular flexibility index (Phi) is 1.76. The Labute approximate surface area is 62.1 Å². The van der Waals surface area contributed by atoms with Gasteiger partial charge < -0.3 is 4.74 Å². The fourth-order valence-corrected chi connectivity index (χ4v) is 1.64. The summed E-state index contributed by atoms with van der Waals surface area (Å²) in [6.07, 6.45) is 7.78. The minimum atomic E-state index is 0.903. The molecular weight excluding hydrogens is 124 g/mol. The molecule has 56 valence electrons. The van der Waals surface area contributed by atoms with E-state index in [1.54, 1.807) is 5.57 Å². The van der Waals surface area contributed by atoms with Crippen molar-refractivity contribution in [2.45, 2.75) is 25.7 Å². The Morgan fingerprint density at radius 3 is 2.80 bits per heavy atom. The van der Waals surface area contributed by atoms with Crippen LogP contribution in [0.3, 0.4) is 0 Å². The monoisotopic (exact) mass is 138 g/mol. The van der Waals surface area contributed by atoms with E-state index in [4.69, 9.17) is 4.74 Å². The van der Waals surface area contributed by atoms with Crippen molar-refractivity contribution in [2.24, 2.45) is 5.92 Å². The summed E-state index contributed by atoms with van der Waals surface area (Å²) in [5, 5.41) is 0. The highest BCUT2D eigenvalue weighted by atomic mass is 16.5. The van der Waals surface area contributed by atoms with Crippen molar-refractivity contribution in [3.05, 3.63) is 11.6 Å². The smallest absolute Gasteiger partial charge is 0.0679 e. The second kappa shape index (κ2) is 2.75. The lowest BCUT2D eigenvalue weighted by Gasteiger charge is -2.29. The van der Waals surface area contributed by atoms with E-state index in [-0.39, 0.29) is 0 Å². The largest absolute Gasteiger partial charge is 0.377 e. The summed E-state index contributed by atoms with van der Waals surface area (Å²) in [4.78, 5) is 0. The Balaban J connectivity index is 1.94. The molecule has 1 aliphatic heterocycles. The molecule has 1 saturated carbocycles. The van der Waals surface area contributed by atoms with E-state index in [2.05, 4.69) is 6.08 Å². The van der Waals surface area contributed by atoms with Crippen molar-refractivity contribution in [2.75, 3.05) is 13.2 Å². The van der Waals surface area contributed by atoms with Crippen LogP contribution in [0.5, 0.6) is 0 Å². The zero-order valence-corrected chi connectivity index (χ0v) is 6.31. The molecule has 0 unspecified atom stereocenters. The molecule has 0 spiro atoms. The van der Waals surface area contributed by atoms with Gasteiger partial charge >= 0.3 is 0 Å². The summed E-state index contributed by atoms with van der Waals surface area (Å²) in [5.74, 6) is 0.903. The van der Waals surface area contributed by atoms with Crippen LogP contribution < -0.4 is 0 Å². The van der Waals surface area contributed by atoms with Gasteiger partial charge in [-0.05, 0) is 30.8 Å². The van der Waals surface area contributed by atoms with Crippen LogP contribution in [0.1, 0.15) is 25.7 Å². The van der Waals surface area contributed by atoms with Gasteiger partial charge in [0.05, 0.1) is 13.2 Å². The molecule has 0 bridgehead atoms. The molecule has 1 nitrogen and oxygen atoms in total. The van der Waals surface area contributed by atoms with Gasteiger partial charge in [0.15, 0.2) is 0 Å². The first-order chi connectivity index (χ1) is 4.97. The zero-order chi connectivity index (χ0) is 6.81. The molecule has 0 aromatic rings. The Morgan fingerprint density at radius 1 is 1.40 bits per heavy atom. The summed E-state index contributed by atoms with van der Waals surface area (Å²) >= 11 is 0. The van der Waals surface area contributed by atoms with Gasteiger partial charge in [0.2, 0.25) is 0 Å². The van der Waals surface area contributed by atoms with Gasteiger partial charge in [-0.25, -0.2) is 0 Å². The van der Waals surface area contributed by atoms with Gasteiger partial charge in [0.25, 0.3) is 0 Å². The summed E-state index contributed by atoms with van der Waals surface area (Å²) in [6.45, 7) is 1.86. The Bertz CT molecular complexity index is 145. The SMILES string of the molecule is C1=C(C2CCC2)COCC1. The van der Waals surface area contributed by atoms with E-state index >= 15 is 0 Å². The standard InChI is InChI=1S/C9H14O/c1-3-8(4-1)9-5-2-6-10-7-9/h5,8H,1-4,6-7H2. The molecule has 1 heteroatoms. The highest BCUT2D eigenvalue weighted by Gasteiger charge is 2.22. The van der Waals surface area contributed by atoms with Crippen LogP contribution >= 0.6 is 0 Å². The normalized spacial score (nSPS) is 27.4. The molecule has 2 aliphatic rings. The van der Waals surface area contributed by atoms with Crippen LogP contribution in [0.4, 0.5) is 0 Å². The van der Waals surface area contributed by atoms with Crippen molar-refractivity contribution in [1.82, 2.24) is 0 Å². The third-order valence-electron chi connectivity index (χ3n) is 2.57. The summed E-state index contributed by atoms with van der Waals surface area (Å²) in [5.41, 5.74) is 1.58. The van der Waals surface area contributed by atoms with E-state index in [0.717, 1.165) is 25.6 Å². The third-order valence-corrected chi connectivity index (χ3v) is 2.57. The molecule has 1 fully saturated rings. The number of hydrogen-bond acceptors (Lipinski definition) is 1. The van der Waals surface area contributed by atoms with E-state index < -0.39 is 0 Å². The van der Waals surface area contributed by atoms with Crippen LogP contribution in [0.15, 0.2) is 11.6 Å². The van der Waals surface area contributed by atoms with Crippen molar-refractivity contribution in [3.8, 4) is 0 Å². The molecule has 0 aromatic carbocycles. The molecule has 0 amide bonds. The predicted molar refractivity (Wildman–Crippen MR) is 40.9 cm³/mol. The zero-order valence-electron chi connectivity index (χ0n) is 6.31. The first kappa shape index (κ1) is 6.41. The van der Waals surface area contributed by atoms with E-state index in [9.17, 15) is 0 Å². The quantitative estimate of drug-likeness (QED) is 0.504. The van der Waals surface area contributed by atoms with Crippen molar-refractivity contribution in [1.29, 1.82) is 0 Å². The molecule has 0 atom stereocenters. The van der Waals surface area contributed by atoms with Gasteiger partial charge in [0, 0.05) is 0 Å². The van der Waals surface area contributed by atoms with E-state index in [1.807, 2.05) is 0 Å². The van der Waals surface area contributed by atoms with Crippen molar-refractivity contribution in [3.63, 3.8) is 0 Å². The minimum absolute atomic E-state index is 0.903. The van der Waals surface area contributed by atoms with Crippen LogP contribution in [0, 0.1) is 5.92 Å². The van der Waals surface area contributed by atoms with Crippen LogP contribution in [-0.2, 0) is 4.74 Å². The van der Waals surface area contributed by atoms with Gasteiger partial charge in [-0.2, -0.15) is 0 Å². The summed E-state index contributed by atoms with van der Waals surface area (Å²) in [6, 6.07) is 0. The third kappa shape index (κ3) is 1.10. The molecule has 0 N–H and O–H groups in total. The first-order valence-corrected chi connectivity index (χ1v) is 4.23. The lowest BCUT2D eigenvalue weighted by molar-refractivity contribution is 0.134. The van der Waals surface area contributed by atoms with Gasteiger partial charge in [-0.15, -0.1) is 0 Å². The van der Waals surface area contributed by atoms with Gasteiger partial charge in [-0.1, -0.05) is 12.5 Å². The average Bonchev–Trinajstić information content (AvgIpc) is 1.86. The molecule has 0 aromatic heterocycles. The molecule has 10 heavy (non-hydrogen) atoms. The molecule has 0 radical (unpaired) electrons. The minimum Gasteiger partial charge on any atom is -0.377 e. The fraction of sp³-hybridized carbons (Fsp3) is 0.778. The fourth-order valence-electron chi connectivity index (χ4n) is 1.64. The average molecular weight is 138 g/mol. The second-order valence-corrected chi connectivity index (χ2v) is 3.25. The highest BCUT2D eigenvalue weighted by molar-refractivity contribution is 5.11. The first-order valence-electron chi connectivity index (χ1n) is 4.23. The molecule has 0 saturated heterocycles. The number of rotatable bonds is 1. The van der Waals surface area contributed by atoms with Crippen LogP contribution in [0.25, 0.3) is 0 Å². The molecule has 1 aliphatic carbocycles. The number of hydrogen-bond donors (Lipinski definition) is 0. The summed E-state index contributed by atoms with van der Waals surface area (Å²) in [7, 11) is 0. The van der Waals surface area contributed by atoms with Gasteiger partial charge in [-0.3, -0.25) is 0 Å². The lowest BCUT2D eigenvalue weighted by atomic mass is 9.79. The molecular formula is C9H14O. The highest BCUT2D eigenvalue weighted by Crippen LogP contribution is 2.34. The lowest BCUT2D eigenvalue weighted by Crippen LogP contribution is -2.19. The summed E-state index contributed by atoms with van der Waals surface area (Å²) < 4.78 is 5.37. The van der Waals surface area contributed by atoms with Crippen molar-refractivity contribution < 1.29 is 4.74 Å². The Morgan fingerprint density at radius 2 is 2.30 bits per heavy atom. The van der Waals surface area contributed by atoms with Gasteiger partial charge in [0.1, 0.15) is 0 Å². The topological polar surface area (TPSA) is 9.23 Å². The maximum absolute atomic E-state index is 5.37. The second-order valence-electron chi connectivity index (χ2n) is 3.25. The number of ether oxygens (including phenoxy) is 1. The maximum Gasteiger partial charge on any atom is 0.0679 e. The van der Waals surface area contributed by atoms with E-state index in [1.165, 1.54) is 19.3 Å². The Hall–Kier alpha value is -0.300. The van der Waals surface area contributed by atoms with Crippen LogP contribution in [-0.4, -0.2) is 13.2 Å². The van der Waals surface area contributed by atoms with E-state index in [0.29, 0.717) is 0 Å². The molecule has 1 heterocycles. The maximum atomic E-state index is 5.37. The predicted octanol–water partition coefficient (Wildman–Crippen LogP) is 2.13. The van der Waals surface area contributed by atoms with Crippen molar-refractivity contribution >= 4 is 0 Å². The molecule has 2 rings (SSSR count). The van der Waals surface area contributed by atoms with Crippen LogP contribution in [0.2, 0.25) is 0 Å².